The van der Waals surface area contributed by atoms with Crippen molar-refractivity contribution in [2.45, 2.75) is 79.2 Å². The maximum atomic E-state index is 12.5. The summed E-state index contributed by atoms with van der Waals surface area (Å²) in [4.78, 5) is 29.6. The molecule has 0 N–H and O–H groups in total. The van der Waals surface area contributed by atoms with E-state index in [0.717, 1.165) is 63.5 Å². The molecule has 0 radical (unpaired) electrons. The van der Waals surface area contributed by atoms with Gasteiger partial charge in [0.1, 0.15) is 13.2 Å². The van der Waals surface area contributed by atoms with E-state index in [4.69, 9.17) is 9.47 Å². The summed E-state index contributed by atoms with van der Waals surface area (Å²) in [6.07, 6.45) is 3.88. The van der Waals surface area contributed by atoms with Crippen LogP contribution in [0.25, 0.3) is 0 Å². The second-order valence-electron chi connectivity index (χ2n) is 11.1. The highest BCUT2D eigenvalue weighted by molar-refractivity contribution is 8.77. The molecule has 2 fully saturated rings. The van der Waals surface area contributed by atoms with Gasteiger partial charge in [-0.2, -0.15) is 0 Å². The van der Waals surface area contributed by atoms with Crippen LogP contribution in [0.15, 0.2) is 0 Å². The molecule has 0 amide bonds. The molecular formula is C25H46N2O4S2. The zero-order valence-electron chi connectivity index (χ0n) is 21.7. The van der Waals surface area contributed by atoms with E-state index in [1.165, 1.54) is 0 Å². The van der Waals surface area contributed by atoms with Gasteiger partial charge in [-0.15, -0.1) is 0 Å². The molecule has 2 aliphatic rings. The zero-order valence-corrected chi connectivity index (χ0v) is 23.4. The van der Waals surface area contributed by atoms with Crippen molar-refractivity contribution in [2.75, 3.05) is 57.4 Å². The number of ether oxygens (including phenoxy) is 2. The topological polar surface area (TPSA) is 59.1 Å². The second kappa shape index (κ2) is 13.0. The van der Waals surface area contributed by atoms with Gasteiger partial charge in [0.05, 0.1) is 11.8 Å². The lowest BCUT2D eigenvalue weighted by Gasteiger charge is -2.43. The summed E-state index contributed by atoms with van der Waals surface area (Å²) < 4.78 is 11.3. The minimum Gasteiger partial charge on any atom is -0.465 e. The second-order valence-corrected chi connectivity index (χ2v) is 13.6. The molecule has 2 rings (SSSR count). The van der Waals surface area contributed by atoms with Crippen LogP contribution in [0.5, 0.6) is 0 Å². The zero-order chi connectivity index (χ0) is 24.5. The van der Waals surface area contributed by atoms with Crippen LogP contribution in [0.1, 0.15) is 73.6 Å². The third kappa shape index (κ3) is 9.61. The van der Waals surface area contributed by atoms with Gasteiger partial charge in [0, 0.05) is 56.2 Å². The van der Waals surface area contributed by atoms with Crippen molar-refractivity contribution >= 4 is 33.5 Å². The van der Waals surface area contributed by atoms with Gasteiger partial charge in [-0.05, 0) is 32.1 Å². The summed E-state index contributed by atoms with van der Waals surface area (Å²) in [6, 6.07) is 0. The van der Waals surface area contributed by atoms with Crippen molar-refractivity contribution in [1.82, 2.24) is 9.80 Å². The fraction of sp³-hybridized carbons (Fsp3) is 0.920. The van der Waals surface area contributed by atoms with Crippen molar-refractivity contribution in [1.29, 1.82) is 0 Å². The third-order valence-corrected chi connectivity index (χ3v) is 10.4. The summed E-state index contributed by atoms with van der Waals surface area (Å²) in [7, 11) is 3.53. The van der Waals surface area contributed by atoms with E-state index in [1.807, 2.05) is 0 Å². The van der Waals surface area contributed by atoms with Gasteiger partial charge in [0.15, 0.2) is 0 Å². The van der Waals surface area contributed by atoms with Gasteiger partial charge in [0.2, 0.25) is 0 Å². The van der Waals surface area contributed by atoms with Crippen LogP contribution < -0.4 is 0 Å². The number of hydrogen-bond acceptors (Lipinski definition) is 8. The first kappa shape index (κ1) is 28.8. The maximum Gasteiger partial charge on any atom is 0.307 e. The SMILES string of the molecule is CCC(C)(C)CCC(=O)OCC1(COC(=O)CCN2CCN(C(C)(C)CC)CC2)CSSC1. The van der Waals surface area contributed by atoms with Crippen LogP contribution in [-0.4, -0.2) is 84.7 Å². The molecule has 0 atom stereocenters. The van der Waals surface area contributed by atoms with E-state index in [-0.39, 0.29) is 28.3 Å². The van der Waals surface area contributed by atoms with E-state index in [9.17, 15) is 9.59 Å². The number of esters is 2. The molecule has 0 aromatic carbocycles. The van der Waals surface area contributed by atoms with Gasteiger partial charge in [-0.25, -0.2) is 0 Å². The lowest BCUT2D eigenvalue weighted by Crippen LogP contribution is -2.54. The minimum atomic E-state index is -0.266. The molecular weight excluding hydrogens is 456 g/mol. The van der Waals surface area contributed by atoms with E-state index in [1.54, 1.807) is 21.6 Å². The Balaban J connectivity index is 1.69. The van der Waals surface area contributed by atoms with Gasteiger partial charge in [-0.1, -0.05) is 55.7 Å². The molecule has 33 heavy (non-hydrogen) atoms. The molecule has 0 aliphatic carbocycles. The predicted molar refractivity (Wildman–Crippen MR) is 140 cm³/mol. The average Bonchev–Trinajstić information content (AvgIpc) is 3.28. The van der Waals surface area contributed by atoms with Gasteiger partial charge in [-0.3, -0.25) is 14.5 Å². The lowest BCUT2D eigenvalue weighted by molar-refractivity contribution is -0.152. The maximum absolute atomic E-state index is 12.5. The molecule has 2 saturated heterocycles. The first-order valence-electron chi connectivity index (χ1n) is 12.5. The van der Waals surface area contributed by atoms with Crippen molar-refractivity contribution < 1.29 is 19.1 Å². The lowest BCUT2D eigenvalue weighted by atomic mass is 9.85. The van der Waals surface area contributed by atoms with Crippen molar-refractivity contribution in [3.63, 3.8) is 0 Å². The Morgan fingerprint density at radius 1 is 0.848 bits per heavy atom. The van der Waals surface area contributed by atoms with Crippen LogP contribution in [0, 0.1) is 10.8 Å². The monoisotopic (exact) mass is 502 g/mol. The third-order valence-electron chi connectivity index (χ3n) is 7.58. The Labute approximate surface area is 209 Å². The van der Waals surface area contributed by atoms with E-state index < -0.39 is 0 Å². The fourth-order valence-corrected chi connectivity index (χ4v) is 7.20. The number of carbonyl (C=O) groups is 2. The summed E-state index contributed by atoms with van der Waals surface area (Å²) in [5.41, 5.74) is 0.134. The normalized spacial score (nSPS) is 20.1. The Hall–Kier alpha value is -0.440. The fourth-order valence-electron chi connectivity index (χ4n) is 3.86. The first-order valence-corrected chi connectivity index (χ1v) is 15.0. The minimum absolute atomic E-state index is 0.144. The molecule has 2 heterocycles. The Morgan fingerprint density at radius 2 is 1.39 bits per heavy atom. The highest BCUT2D eigenvalue weighted by Gasteiger charge is 2.38. The van der Waals surface area contributed by atoms with Crippen LogP contribution in [0.3, 0.4) is 0 Å². The van der Waals surface area contributed by atoms with Crippen molar-refractivity contribution in [3.05, 3.63) is 0 Å². The number of carbonyl (C=O) groups excluding carboxylic acids is 2. The standard InChI is InChI=1S/C25H46N2O4S2/c1-7-23(3,4)11-9-21(28)30-17-25(19-32-33-20-25)18-31-22(29)10-12-26-13-15-27(16-14-26)24(5,6)8-2/h7-20H2,1-6H3. The van der Waals surface area contributed by atoms with Crippen molar-refractivity contribution in [3.8, 4) is 0 Å². The largest absolute Gasteiger partial charge is 0.465 e. The summed E-state index contributed by atoms with van der Waals surface area (Å²) >= 11 is 0. The van der Waals surface area contributed by atoms with E-state index >= 15 is 0 Å². The quantitative estimate of drug-likeness (QED) is 0.261. The van der Waals surface area contributed by atoms with Crippen LogP contribution >= 0.6 is 21.6 Å². The molecule has 0 saturated carbocycles. The smallest absolute Gasteiger partial charge is 0.307 e. The number of nitrogens with zero attached hydrogens (tertiary/aromatic N) is 2. The molecule has 0 aromatic rings. The molecule has 2 aliphatic heterocycles. The van der Waals surface area contributed by atoms with E-state index in [0.29, 0.717) is 26.1 Å². The number of rotatable bonds is 13. The molecule has 192 valence electrons. The number of piperazine rings is 1. The molecule has 0 spiro atoms. The van der Waals surface area contributed by atoms with Crippen LogP contribution in [0.4, 0.5) is 0 Å². The Bertz CT molecular complexity index is 628. The van der Waals surface area contributed by atoms with E-state index in [2.05, 4.69) is 51.3 Å². The van der Waals surface area contributed by atoms with Gasteiger partial charge in [0.25, 0.3) is 0 Å². The Morgan fingerprint density at radius 3 is 1.91 bits per heavy atom. The first-order chi connectivity index (χ1) is 15.5. The molecule has 8 heteroatoms. The van der Waals surface area contributed by atoms with Gasteiger partial charge >= 0.3 is 11.9 Å². The Kier molecular flexibility index (Phi) is 11.4. The summed E-state index contributed by atoms with van der Waals surface area (Å²) in [6.45, 7) is 18.9. The highest BCUT2D eigenvalue weighted by Crippen LogP contribution is 2.43. The molecule has 6 nitrogen and oxygen atoms in total. The number of hydrogen-bond donors (Lipinski definition) is 0. The van der Waals surface area contributed by atoms with Crippen molar-refractivity contribution in [2.24, 2.45) is 10.8 Å². The summed E-state index contributed by atoms with van der Waals surface area (Å²) in [5.74, 6) is 1.39. The molecule has 0 aromatic heterocycles. The highest BCUT2D eigenvalue weighted by atomic mass is 33.1. The average molecular weight is 503 g/mol. The molecule has 0 unspecified atom stereocenters. The molecule has 0 bridgehead atoms. The van der Waals surface area contributed by atoms with Crippen LogP contribution in [-0.2, 0) is 19.1 Å². The van der Waals surface area contributed by atoms with Gasteiger partial charge < -0.3 is 14.4 Å². The predicted octanol–water partition coefficient (Wildman–Crippen LogP) is 4.87. The summed E-state index contributed by atoms with van der Waals surface area (Å²) in [5, 5.41) is 0. The van der Waals surface area contributed by atoms with Crippen LogP contribution in [0.2, 0.25) is 0 Å².